The fraction of sp³-hybridized carbons (Fsp3) is 0.364. The van der Waals surface area contributed by atoms with Crippen molar-refractivity contribution in [2.45, 2.75) is 31.7 Å². The lowest BCUT2D eigenvalue weighted by molar-refractivity contribution is -0.132. The average molecular weight is 417 g/mol. The molecule has 1 saturated heterocycles. The van der Waals surface area contributed by atoms with Gasteiger partial charge in [-0.05, 0) is 43.5 Å². The average Bonchev–Trinajstić information content (AvgIpc) is 2.73. The zero-order valence-corrected chi connectivity index (χ0v) is 16.9. The van der Waals surface area contributed by atoms with Crippen LogP contribution in [-0.4, -0.2) is 42.6 Å². The molecule has 29 heavy (non-hydrogen) atoms. The van der Waals surface area contributed by atoms with Crippen LogP contribution in [0.3, 0.4) is 0 Å². The van der Waals surface area contributed by atoms with E-state index in [1.165, 1.54) is 0 Å². The maximum Gasteiger partial charge on any atom is 0.412 e. The van der Waals surface area contributed by atoms with Gasteiger partial charge in [0.25, 0.3) is 0 Å². The molecule has 1 fully saturated rings. The maximum atomic E-state index is 12.4. The summed E-state index contributed by atoms with van der Waals surface area (Å²) in [7, 11) is 0. The number of amides is 2. The molecule has 3 rings (SSSR count). The third-order valence-electron chi connectivity index (χ3n) is 4.75. The van der Waals surface area contributed by atoms with Crippen LogP contribution in [-0.2, 0) is 4.79 Å². The summed E-state index contributed by atoms with van der Waals surface area (Å²) in [6.07, 6.45) is 2.03. The Morgan fingerprint density at radius 3 is 2.45 bits per heavy atom. The van der Waals surface area contributed by atoms with Gasteiger partial charge in [0.15, 0.2) is 0 Å². The lowest BCUT2D eigenvalue weighted by Gasteiger charge is -2.32. The molecule has 1 heterocycles. The van der Waals surface area contributed by atoms with Crippen molar-refractivity contribution in [3.63, 3.8) is 0 Å². The smallest absolute Gasteiger partial charge is 0.412 e. The standard InChI is InChI=1S/C22H25ClN2O4/c23-19-9-4-5-10-20(19)28-16-6-11-21(26)25-14-12-17(13-15-25)24-22(27)29-18-7-2-1-3-8-18/h1-5,7-10,17H,6,11-16H2,(H,24,27). The van der Waals surface area contributed by atoms with E-state index in [0.717, 1.165) is 0 Å². The Kier molecular flexibility index (Phi) is 7.76. The minimum absolute atomic E-state index is 0.0128. The summed E-state index contributed by atoms with van der Waals surface area (Å²) in [6, 6.07) is 16.3. The number of nitrogens with zero attached hydrogens (tertiary/aromatic N) is 1. The van der Waals surface area contributed by atoms with Gasteiger partial charge in [-0.1, -0.05) is 41.9 Å². The molecule has 0 aliphatic carbocycles. The van der Waals surface area contributed by atoms with Crippen molar-refractivity contribution < 1.29 is 19.1 Å². The molecule has 1 aliphatic rings. The highest BCUT2D eigenvalue weighted by Gasteiger charge is 2.24. The second-order valence-corrected chi connectivity index (χ2v) is 7.29. The van der Waals surface area contributed by atoms with Crippen molar-refractivity contribution in [2.24, 2.45) is 0 Å². The Balaban J connectivity index is 1.32. The van der Waals surface area contributed by atoms with Crippen molar-refractivity contribution >= 4 is 23.6 Å². The number of piperidine rings is 1. The van der Waals surface area contributed by atoms with E-state index in [4.69, 9.17) is 21.1 Å². The number of para-hydroxylation sites is 2. The zero-order valence-electron chi connectivity index (χ0n) is 16.2. The minimum atomic E-state index is -0.460. The van der Waals surface area contributed by atoms with Crippen LogP contribution in [0.25, 0.3) is 0 Å². The molecular formula is C22H25ClN2O4. The van der Waals surface area contributed by atoms with E-state index in [2.05, 4.69) is 5.32 Å². The highest BCUT2D eigenvalue weighted by molar-refractivity contribution is 6.32. The first-order valence-electron chi connectivity index (χ1n) is 9.80. The van der Waals surface area contributed by atoms with Crippen LogP contribution in [0.4, 0.5) is 4.79 Å². The van der Waals surface area contributed by atoms with E-state index in [1.807, 2.05) is 41.3 Å². The number of ether oxygens (including phenoxy) is 2. The summed E-state index contributed by atoms with van der Waals surface area (Å²) >= 11 is 6.04. The van der Waals surface area contributed by atoms with Gasteiger partial charge >= 0.3 is 6.09 Å². The summed E-state index contributed by atoms with van der Waals surface area (Å²) in [5.74, 6) is 1.26. The van der Waals surface area contributed by atoms with Crippen molar-refractivity contribution in [1.29, 1.82) is 0 Å². The van der Waals surface area contributed by atoms with Gasteiger partial charge in [-0.25, -0.2) is 4.79 Å². The summed E-state index contributed by atoms with van der Waals surface area (Å²) < 4.78 is 10.9. The molecule has 2 aromatic rings. The summed E-state index contributed by atoms with van der Waals surface area (Å²) in [4.78, 5) is 26.2. The number of halogens is 1. The molecule has 1 N–H and O–H groups in total. The first kappa shape index (κ1) is 21.0. The molecule has 0 spiro atoms. The van der Waals surface area contributed by atoms with E-state index < -0.39 is 6.09 Å². The second-order valence-electron chi connectivity index (χ2n) is 6.88. The van der Waals surface area contributed by atoms with Gasteiger partial charge in [-0.15, -0.1) is 0 Å². The van der Waals surface area contributed by atoms with Crippen LogP contribution < -0.4 is 14.8 Å². The van der Waals surface area contributed by atoms with Gasteiger partial charge in [0.1, 0.15) is 11.5 Å². The highest BCUT2D eigenvalue weighted by atomic mass is 35.5. The van der Waals surface area contributed by atoms with E-state index in [-0.39, 0.29) is 11.9 Å². The van der Waals surface area contributed by atoms with Crippen LogP contribution in [0.5, 0.6) is 11.5 Å². The molecule has 0 atom stereocenters. The third-order valence-corrected chi connectivity index (χ3v) is 5.06. The van der Waals surface area contributed by atoms with Crippen LogP contribution in [0.2, 0.25) is 5.02 Å². The first-order chi connectivity index (χ1) is 14.1. The highest BCUT2D eigenvalue weighted by Crippen LogP contribution is 2.23. The van der Waals surface area contributed by atoms with Crippen LogP contribution in [0.1, 0.15) is 25.7 Å². The zero-order chi connectivity index (χ0) is 20.5. The number of carbonyl (C=O) groups excluding carboxylic acids is 2. The number of nitrogens with one attached hydrogen (secondary N) is 1. The van der Waals surface area contributed by atoms with E-state index in [0.29, 0.717) is 61.9 Å². The largest absolute Gasteiger partial charge is 0.492 e. The predicted molar refractivity (Wildman–Crippen MR) is 111 cm³/mol. The number of likely N-dealkylation sites (tertiary alicyclic amines) is 1. The Morgan fingerprint density at radius 2 is 1.72 bits per heavy atom. The minimum Gasteiger partial charge on any atom is -0.492 e. The first-order valence-corrected chi connectivity index (χ1v) is 10.2. The fourth-order valence-electron chi connectivity index (χ4n) is 3.19. The topological polar surface area (TPSA) is 67.9 Å². The number of rotatable bonds is 7. The predicted octanol–water partition coefficient (Wildman–Crippen LogP) is 4.28. The number of hydrogen-bond donors (Lipinski definition) is 1. The SMILES string of the molecule is O=C(NC1CCN(C(=O)CCCOc2ccccc2Cl)CC1)Oc1ccccc1. The summed E-state index contributed by atoms with van der Waals surface area (Å²) in [5, 5.41) is 3.44. The Morgan fingerprint density at radius 1 is 1.03 bits per heavy atom. The Bertz CT molecular complexity index is 807. The molecule has 7 heteroatoms. The number of benzene rings is 2. The van der Waals surface area contributed by atoms with E-state index in [1.54, 1.807) is 18.2 Å². The third kappa shape index (κ3) is 6.68. The van der Waals surface area contributed by atoms with Crippen LogP contribution in [0, 0.1) is 0 Å². The summed E-state index contributed by atoms with van der Waals surface area (Å²) in [5.41, 5.74) is 0. The number of carbonyl (C=O) groups is 2. The summed E-state index contributed by atoms with van der Waals surface area (Å²) in [6.45, 7) is 1.69. The molecule has 1 aliphatic heterocycles. The molecule has 0 bridgehead atoms. The Hall–Kier alpha value is -2.73. The van der Waals surface area contributed by atoms with Crippen LogP contribution in [0.15, 0.2) is 54.6 Å². The van der Waals surface area contributed by atoms with Crippen LogP contribution >= 0.6 is 11.6 Å². The molecule has 0 unspecified atom stereocenters. The van der Waals surface area contributed by atoms with Crippen molar-refractivity contribution in [2.75, 3.05) is 19.7 Å². The van der Waals surface area contributed by atoms with Crippen molar-refractivity contribution in [3.8, 4) is 11.5 Å². The Labute approximate surface area is 175 Å². The maximum absolute atomic E-state index is 12.4. The lowest BCUT2D eigenvalue weighted by atomic mass is 10.0. The van der Waals surface area contributed by atoms with E-state index in [9.17, 15) is 9.59 Å². The molecule has 2 amide bonds. The quantitative estimate of drug-likeness (QED) is 0.684. The van der Waals surface area contributed by atoms with Gasteiger partial charge in [0.2, 0.25) is 5.91 Å². The molecular weight excluding hydrogens is 392 g/mol. The van der Waals surface area contributed by atoms with Crippen molar-refractivity contribution in [1.82, 2.24) is 10.2 Å². The second kappa shape index (κ2) is 10.7. The molecule has 0 radical (unpaired) electrons. The van der Waals surface area contributed by atoms with Crippen molar-refractivity contribution in [3.05, 3.63) is 59.6 Å². The van der Waals surface area contributed by atoms with E-state index >= 15 is 0 Å². The normalized spacial score (nSPS) is 14.3. The fourth-order valence-corrected chi connectivity index (χ4v) is 3.38. The molecule has 154 valence electrons. The monoisotopic (exact) mass is 416 g/mol. The molecule has 2 aromatic carbocycles. The van der Waals surface area contributed by atoms with Gasteiger partial charge in [0, 0.05) is 25.6 Å². The van der Waals surface area contributed by atoms with Gasteiger partial charge < -0.3 is 19.7 Å². The molecule has 6 nitrogen and oxygen atoms in total. The molecule has 0 aromatic heterocycles. The molecule has 0 saturated carbocycles. The van der Waals surface area contributed by atoms with Gasteiger partial charge in [0.05, 0.1) is 11.6 Å². The van der Waals surface area contributed by atoms with Gasteiger partial charge in [-0.2, -0.15) is 0 Å². The number of hydrogen-bond acceptors (Lipinski definition) is 4. The van der Waals surface area contributed by atoms with Gasteiger partial charge in [-0.3, -0.25) is 4.79 Å². The lowest BCUT2D eigenvalue weighted by Crippen LogP contribution is -2.47.